The van der Waals surface area contributed by atoms with Gasteiger partial charge in [0.05, 0.1) is 0 Å². The molecular weight excluding hydrogens is 179 g/mol. The van der Waals surface area contributed by atoms with E-state index in [1.807, 2.05) is 0 Å². The van der Waals surface area contributed by atoms with Crippen LogP contribution in [0.15, 0.2) is 0 Å². The van der Waals surface area contributed by atoms with Crippen molar-refractivity contribution in [1.82, 2.24) is 0 Å². The Morgan fingerprint density at radius 1 is 1.25 bits per heavy atom. The second-order valence-corrected chi connectivity index (χ2v) is 0. The van der Waals surface area contributed by atoms with E-state index in [2.05, 4.69) is 0 Å². The van der Waals surface area contributed by atoms with Crippen molar-refractivity contribution >= 4 is 32.6 Å². The summed E-state index contributed by atoms with van der Waals surface area (Å²) >= 11 is 0.300. The molecule has 0 N–H and O–H groups in total. The minimum absolute atomic E-state index is 0.300. The molecule has 0 amide bonds. The van der Waals surface area contributed by atoms with Crippen LogP contribution in [0, 0.1) is 0 Å². The zero-order valence-electron chi connectivity index (χ0n) is 1.82. The molecule has 4 radical (unpaired) electrons. The van der Waals surface area contributed by atoms with Crippen LogP contribution in [-0.2, 0) is 7.54 Å². The summed E-state index contributed by atoms with van der Waals surface area (Å²) in [5.74, 6) is 0. The van der Waals surface area contributed by atoms with Crippen LogP contribution in [0.25, 0.3) is 0 Å². The van der Waals surface area contributed by atoms with E-state index in [0.29, 0.717) is 22.5 Å². The Balaban J connectivity index is 0. The molecule has 0 bridgehead atoms. The van der Waals surface area contributed by atoms with E-state index in [1.54, 1.807) is 10.1 Å². The SMILES string of the molecule is O=[Si].[O]=[Sn]. The van der Waals surface area contributed by atoms with Gasteiger partial charge in [-0.25, -0.2) is 0 Å². The van der Waals surface area contributed by atoms with Crippen molar-refractivity contribution in [2.75, 3.05) is 0 Å². The average molecular weight is 179 g/mol. The van der Waals surface area contributed by atoms with Crippen molar-refractivity contribution in [1.29, 1.82) is 0 Å². The molecule has 0 aromatic heterocycles. The number of rotatable bonds is 0. The van der Waals surface area contributed by atoms with Gasteiger partial charge in [-0.05, 0) is 0 Å². The van der Waals surface area contributed by atoms with E-state index >= 15 is 0 Å². The molecule has 0 aliphatic rings. The topological polar surface area (TPSA) is 34.1 Å². The third-order valence-electron chi connectivity index (χ3n) is 0. The summed E-state index contributed by atoms with van der Waals surface area (Å²) in [4.78, 5) is 0. The quantitative estimate of drug-likeness (QED) is 0.447. The van der Waals surface area contributed by atoms with E-state index in [9.17, 15) is 0 Å². The molecule has 0 atom stereocenters. The molecule has 20 valence electrons. The predicted molar refractivity (Wildman–Crippen MR) is 12.9 cm³/mol. The van der Waals surface area contributed by atoms with E-state index < -0.39 is 0 Å². The van der Waals surface area contributed by atoms with Gasteiger partial charge in [0.15, 0.2) is 0 Å². The van der Waals surface area contributed by atoms with Gasteiger partial charge in [-0.15, -0.1) is 0 Å². The predicted octanol–water partition coefficient (Wildman–Crippen LogP) is -0.999. The summed E-state index contributed by atoms with van der Waals surface area (Å²) in [6, 6.07) is 0. The summed E-state index contributed by atoms with van der Waals surface area (Å²) in [5, 5.41) is 0. The van der Waals surface area contributed by atoms with Crippen molar-refractivity contribution in [3.8, 4) is 0 Å². The molecule has 4 heteroatoms. The van der Waals surface area contributed by atoms with Crippen LogP contribution in [-0.4, -0.2) is 32.6 Å². The minimum atomic E-state index is 0.300. The van der Waals surface area contributed by atoms with Gasteiger partial charge in [0.1, 0.15) is 0 Å². The fourth-order valence-corrected chi connectivity index (χ4v) is 0. The molecule has 0 rings (SSSR count). The van der Waals surface area contributed by atoms with E-state index in [1.165, 1.54) is 0 Å². The van der Waals surface area contributed by atoms with E-state index in [4.69, 9.17) is 7.54 Å². The summed E-state index contributed by atoms with van der Waals surface area (Å²) in [6.45, 7) is 0. The molecule has 0 fully saturated rings. The molecule has 0 heterocycles. The third-order valence-corrected chi connectivity index (χ3v) is 0. The Kier molecular flexibility index (Phi) is 144. The Morgan fingerprint density at radius 2 is 1.25 bits per heavy atom. The molecule has 0 spiro atoms. The van der Waals surface area contributed by atoms with Crippen LogP contribution in [0.4, 0.5) is 0 Å². The zero-order chi connectivity index (χ0) is 4.00. The maximum absolute atomic E-state index is 8.34. The average Bonchev–Trinajstić information content (AvgIpc) is 1.50. The first-order chi connectivity index (χ1) is 2.00. The van der Waals surface area contributed by atoms with Crippen molar-refractivity contribution in [3.63, 3.8) is 0 Å². The standard InChI is InChI=1S/OSi.O.Sn/c1-2;;. The second-order valence-electron chi connectivity index (χ2n) is 0. The van der Waals surface area contributed by atoms with Gasteiger partial charge in [-0.3, -0.25) is 0 Å². The van der Waals surface area contributed by atoms with Crippen LogP contribution in [0.2, 0.25) is 0 Å². The summed E-state index contributed by atoms with van der Waals surface area (Å²) in [6.07, 6.45) is 0. The number of hydrogen-bond acceptors (Lipinski definition) is 2. The molecule has 0 aromatic carbocycles. The van der Waals surface area contributed by atoms with Gasteiger partial charge in [0.2, 0.25) is 0 Å². The monoisotopic (exact) mass is 180 g/mol. The maximum atomic E-state index is 8.34. The van der Waals surface area contributed by atoms with Gasteiger partial charge in [-0.1, -0.05) is 0 Å². The van der Waals surface area contributed by atoms with Crippen molar-refractivity contribution in [3.05, 3.63) is 0 Å². The molecule has 4 heavy (non-hydrogen) atoms. The normalized spacial score (nSPS) is 2.00. The van der Waals surface area contributed by atoms with Gasteiger partial charge in [0.25, 0.3) is 0 Å². The van der Waals surface area contributed by atoms with Crippen molar-refractivity contribution in [2.45, 2.75) is 0 Å². The van der Waals surface area contributed by atoms with Crippen LogP contribution in [0.3, 0.4) is 0 Å². The Labute approximate surface area is 40.5 Å². The molecule has 2 nitrogen and oxygen atoms in total. The third kappa shape index (κ3) is 18.0. The van der Waals surface area contributed by atoms with Crippen LogP contribution >= 0.6 is 0 Å². The van der Waals surface area contributed by atoms with Crippen molar-refractivity contribution in [2.24, 2.45) is 0 Å². The number of hydrogen-bond donors (Lipinski definition) is 0. The molecule has 0 aliphatic heterocycles. The Hall–Kier alpha value is 0.616. The van der Waals surface area contributed by atoms with E-state index in [-0.39, 0.29) is 0 Å². The van der Waals surface area contributed by atoms with Gasteiger partial charge in [-0.2, -0.15) is 0 Å². The van der Waals surface area contributed by atoms with Crippen molar-refractivity contribution < 1.29 is 7.54 Å². The molecule has 0 saturated heterocycles. The first-order valence-corrected chi connectivity index (χ1v) is 1.98. The van der Waals surface area contributed by atoms with E-state index in [0.717, 1.165) is 0 Å². The molecule has 0 saturated carbocycles. The molecule has 0 aromatic rings. The van der Waals surface area contributed by atoms with Gasteiger partial charge < -0.3 is 4.46 Å². The summed E-state index contributed by atoms with van der Waals surface area (Å²) < 4.78 is 16.4. The fourth-order valence-electron chi connectivity index (χ4n) is 0. The Bertz CT molecular complexity index is 8.00. The first-order valence-electron chi connectivity index (χ1n) is 0.408. The first kappa shape index (κ1) is 8.82. The second kappa shape index (κ2) is 65.3. The zero-order valence-corrected chi connectivity index (χ0v) is 5.67. The fraction of sp³-hybridized carbons (Fsp3) is 0. The summed E-state index contributed by atoms with van der Waals surface area (Å²) in [7, 11) is 1.72. The van der Waals surface area contributed by atoms with Gasteiger partial charge >= 0.3 is 35.7 Å². The molecule has 0 unspecified atom stereocenters. The Morgan fingerprint density at radius 3 is 1.25 bits per heavy atom. The molecule has 0 aliphatic carbocycles. The molecular formula is O2SiSn. The van der Waals surface area contributed by atoms with Crippen LogP contribution < -0.4 is 0 Å². The summed E-state index contributed by atoms with van der Waals surface area (Å²) in [5.41, 5.74) is 0. The van der Waals surface area contributed by atoms with Crippen LogP contribution in [0.1, 0.15) is 0 Å². The van der Waals surface area contributed by atoms with Crippen LogP contribution in [0.5, 0.6) is 0 Å². The van der Waals surface area contributed by atoms with Gasteiger partial charge in [0, 0.05) is 0 Å².